The molecule has 0 amide bonds. The van der Waals surface area contributed by atoms with Gasteiger partial charge in [-0.25, -0.2) is 0 Å². The maximum absolute atomic E-state index is 12.1. The second kappa shape index (κ2) is 4.60. The van der Waals surface area contributed by atoms with Crippen molar-refractivity contribution in [2.24, 2.45) is 0 Å². The smallest absolute Gasteiger partial charge is 0.375 e. The first-order valence-electron chi connectivity index (χ1n) is 4.66. The number of benzene rings is 1. The Morgan fingerprint density at radius 3 is 2.22 bits per heavy atom. The van der Waals surface area contributed by atoms with Gasteiger partial charge in [-0.1, -0.05) is 6.07 Å². The molecule has 0 bridgehead atoms. The first kappa shape index (κ1) is 14.5. The van der Waals surface area contributed by atoms with Crippen LogP contribution in [0.2, 0.25) is 0 Å². The predicted octanol–water partition coefficient (Wildman–Crippen LogP) is 2.34. The summed E-state index contributed by atoms with van der Waals surface area (Å²) in [5, 5.41) is 0. The molecule has 0 aliphatic carbocycles. The minimum absolute atomic E-state index is 0.220. The van der Waals surface area contributed by atoms with Gasteiger partial charge >= 0.3 is 15.6 Å². The van der Waals surface area contributed by atoms with Crippen LogP contribution < -0.4 is 4.18 Å². The fraction of sp³-hybridized carbons (Fsp3) is 0.300. The molecule has 0 heterocycles. The highest BCUT2D eigenvalue weighted by atomic mass is 32.2. The van der Waals surface area contributed by atoms with E-state index in [-0.39, 0.29) is 11.8 Å². The van der Waals surface area contributed by atoms with Gasteiger partial charge in [-0.15, -0.1) is 0 Å². The molecule has 0 aromatic heterocycles. The third kappa shape index (κ3) is 2.63. The van der Waals surface area contributed by atoms with E-state index in [0.29, 0.717) is 11.1 Å². The van der Waals surface area contributed by atoms with E-state index in [9.17, 15) is 26.4 Å². The number of aryl methyl sites for hydroxylation is 1. The topological polar surface area (TPSA) is 60.4 Å². The van der Waals surface area contributed by atoms with Crippen LogP contribution >= 0.6 is 0 Å². The van der Waals surface area contributed by atoms with Gasteiger partial charge in [-0.05, 0) is 31.0 Å². The molecule has 8 heteroatoms. The monoisotopic (exact) mass is 282 g/mol. The molecule has 0 spiro atoms. The van der Waals surface area contributed by atoms with Crippen LogP contribution in [0.15, 0.2) is 12.1 Å². The van der Waals surface area contributed by atoms with E-state index in [0.717, 1.165) is 6.07 Å². The molecule has 1 aromatic rings. The summed E-state index contributed by atoms with van der Waals surface area (Å²) in [6.45, 7) is 3.11. The largest absolute Gasteiger partial charge is 0.534 e. The van der Waals surface area contributed by atoms with E-state index in [4.69, 9.17) is 0 Å². The second-order valence-corrected chi connectivity index (χ2v) is 5.06. The molecule has 1 rings (SSSR count). The van der Waals surface area contributed by atoms with Crippen molar-refractivity contribution in [3.63, 3.8) is 0 Å². The van der Waals surface area contributed by atoms with Gasteiger partial charge in [0.05, 0.1) is 5.56 Å². The lowest BCUT2D eigenvalue weighted by Crippen LogP contribution is -2.28. The molecular weight excluding hydrogens is 273 g/mol. The average molecular weight is 282 g/mol. The van der Waals surface area contributed by atoms with Crippen molar-refractivity contribution in [3.05, 3.63) is 28.8 Å². The molecule has 0 saturated heterocycles. The van der Waals surface area contributed by atoms with Gasteiger partial charge in [0.1, 0.15) is 0 Å². The Morgan fingerprint density at radius 1 is 1.22 bits per heavy atom. The molecule has 0 radical (unpaired) electrons. The van der Waals surface area contributed by atoms with Crippen LogP contribution in [0.5, 0.6) is 5.75 Å². The molecule has 0 atom stereocenters. The molecule has 0 saturated carbocycles. The summed E-state index contributed by atoms with van der Waals surface area (Å²) in [5.74, 6) is -0.634. The molecule has 1 aromatic carbocycles. The van der Waals surface area contributed by atoms with Crippen LogP contribution in [0, 0.1) is 13.8 Å². The lowest BCUT2D eigenvalue weighted by Gasteiger charge is -2.13. The molecule has 0 unspecified atom stereocenters. The lowest BCUT2D eigenvalue weighted by molar-refractivity contribution is -0.0500. The molecule has 0 aliphatic heterocycles. The number of rotatable bonds is 3. The van der Waals surface area contributed by atoms with Crippen molar-refractivity contribution in [1.29, 1.82) is 0 Å². The second-order valence-electron chi connectivity index (χ2n) is 3.52. The maximum Gasteiger partial charge on any atom is 0.534 e. The van der Waals surface area contributed by atoms with Crippen LogP contribution in [-0.4, -0.2) is 20.2 Å². The number of carbonyl (C=O) groups is 1. The predicted molar refractivity (Wildman–Crippen MR) is 56.9 cm³/mol. The zero-order valence-corrected chi connectivity index (χ0v) is 10.2. The van der Waals surface area contributed by atoms with Crippen LogP contribution in [0.4, 0.5) is 13.2 Å². The standard InChI is InChI=1S/C10H9F3O4S/c1-6-3-4-9(8(5-14)7(6)2)17-18(15,16)10(11,12)13/h3-5H,1-2H3. The highest BCUT2D eigenvalue weighted by Crippen LogP contribution is 2.30. The fourth-order valence-corrected chi connectivity index (χ4v) is 1.67. The molecular formula is C10H9F3O4S. The van der Waals surface area contributed by atoms with Crippen LogP contribution in [0.3, 0.4) is 0 Å². The third-order valence-corrected chi connectivity index (χ3v) is 3.31. The van der Waals surface area contributed by atoms with Crippen LogP contribution in [0.25, 0.3) is 0 Å². The van der Waals surface area contributed by atoms with E-state index in [1.807, 2.05) is 0 Å². The minimum Gasteiger partial charge on any atom is -0.375 e. The molecule has 4 nitrogen and oxygen atoms in total. The highest BCUT2D eigenvalue weighted by Gasteiger charge is 2.48. The van der Waals surface area contributed by atoms with Gasteiger partial charge in [0.25, 0.3) is 0 Å². The Hall–Kier alpha value is -1.57. The Labute approximate surface area is 101 Å². The number of carbonyl (C=O) groups excluding carboxylic acids is 1. The lowest BCUT2D eigenvalue weighted by atomic mass is 10.0. The van der Waals surface area contributed by atoms with Crippen molar-refractivity contribution in [2.45, 2.75) is 19.4 Å². The van der Waals surface area contributed by atoms with Gasteiger partial charge < -0.3 is 4.18 Å². The summed E-state index contributed by atoms with van der Waals surface area (Å²) in [6.07, 6.45) is 0.254. The SMILES string of the molecule is Cc1ccc(OS(=O)(=O)C(F)(F)F)c(C=O)c1C. The zero-order valence-electron chi connectivity index (χ0n) is 9.41. The van der Waals surface area contributed by atoms with Gasteiger partial charge in [0.2, 0.25) is 0 Å². The summed E-state index contributed by atoms with van der Waals surface area (Å²) in [7, 11) is -5.77. The van der Waals surface area contributed by atoms with Crippen LogP contribution in [-0.2, 0) is 10.1 Å². The first-order valence-corrected chi connectivity index (χ1v) is 6.07. The number of hydrogen-bond acceptors (Lipinski definition) is 4. The minimum atomic E-state index is -5.77. The van der Waals surface area contributed by atoms with Crippen molar-refractivity contribution in [2.75, 3.05) is 0 Å². The number of hydrogen-bond donors (Lipinski definition) is 0. The molecule has 0 aliphatic rings. The van der Waals surface area contributed by atoms with Gasteiger partial charge in [0.15, 0.2) is 12.0 Å². The van der Waals surface area contributed by atoms with E-state index in [1.165, 1.54) is 13.0 Å². The summed E-state index contributed by atoms with van der Waals surface area (Å²) >= 11 is 0. The summed E-state index contributed by atoms with van der Waals surface area (Å²) in [5.41, 5.74) is -4.76. The molecule has 0 fully saturated rings. The Balaban J connectivity index is 3.30. The third-order valence-electron chi connectivity index (χ3n) is 2.35. The number of aldehydes is 1. The van der Waals surface area contributed by atoms with E-state index in [1.54, 1.807) is 6.92 Å². The Kier molecular flexibility index (Phi) is 3.70. The number of alkyl halides is 3. The van der Waals surface area contributed by atoms with Gasteiger partial charge in [-0.3, -0.25) is 4.79 Å². The van der Waals surface area contributed by atoms with Crippen molar-refractivity contribution >= 4 is 16.4 Å². The molecule has 18 heavy (non-hydrogen) atoms. The summed E-state index contributed by atoms with van der Waals surface area (Å²) in [6, 6.07) is 2.37. The Bertz CT molecular complexity index is 576. The molecule has 100 valence electrons. The van der Waals surface area contributed by atoms with E-state index >= 15 is 0 Å². The van der Waals surface area contributed by atoms with Crippen molar-refractivity contribution in [1.82, 2.24) is 0 Å². The zero-order chi connectivity index (χ0) is 14.1. The van der Waals surface area contributed by atoms with Gasteiger partial charge in [0, 0.05) is 0 Å². The fourth-order valence-electron chi connectivity index (χ4n) is 1.20. The Morgan fingerprint density at radius 2 is 1.78 bits per heavy atom. The maximum atomic E-state index is 12.1. The van der Waals surface area contributed by atoms with Gasteiger partial charge in [-0.2, -0.15) is 21.6 Å². The highest BCUT2D eigenvalue weighted by molar-refractivity contribution is 7.88. The van der Waals surface area contributed by atoms with E-state index in [2.05, 4.69) is 4.18 Å². The summed E-state index contributed by atoms with van der Waals surface area (Å²) in [4.78, 5) is 10.8. The molecule has 0 N–H and O–H groups in total. The summed E-state index contributed by atoms with van der Waals surface area (Å²) < 4.78 is 62.0. The van der Waals surface area contributed by atoms with Crippen LogP contribution in [0.1, 0.15) is 21.5 Å². The number of halogens is 3. The van der Waals surface area contributed by atoms with E-state index < -0.39 is 21.4 Å². The average Bonchev–Trinajstić information content (AvgIpc) is 2.22. The van der Waals surface area contributed by atoms with Crippen molar-refractivity contribution in [3.8, 4) is 5.75 Å². The first-order chi connectivity index (χ1) is 8.10. The normalized spacial score (nSPS) is 12.3. The quantitative estimate of drug-likeness (QED) is 0.485. The van der Waals surface area contributed by atoms with Crippen molar-refractivity contribution < 1.29 is 30.6 Å².